The molecule has 1 aliphatic rings. The summed E-state index contributed by atoms with van der Waals surface area (Å²) in [6.45, 7) is 10.0. The van der Waals surface area contributed by atoms with Crippen molar-refractivity contribution in [1.29, 1.82) is 0 Å². The van der Waals surface area contributed by atoms with Gasteiger partial charge in [-0.3, -0.25) is 9.59 Å². The van der Waals surface area contributed by atoms with Crippen molar-refractivity contribution in [2.75, 3.05) is 6.54 Å². The molecule has 22 heavy (non-hydrogen) atoms. The highest BCUT2D eigenvalue weighted by Crippen LogP contribution is 2.27. The third kappa shape index (κ3) is 2.91. The van der Waals surface area contributed by atoms with Gasteiger partial charge in [0.2, 0.25) is 0 Å². The number of hydrogen-bond acceptors (Lipinski definition) is 3. The predicted molar refractivity (Wildman–Crippen MR) is 86.5 cm³/mol. The maximum absolute atomic E-state index is 12.3. The van der Waals surface area contributed by atoms with Crippen LogP contribution in [0.25, 0.3) is 5.76 Å². The van der Waals surface area contributed by atoms with Crippen molar-refractivity contribution in [3.63, 3.8) is 0 Å². The molecule has 0 saturated carbocycles. The Balaban J connectivity index is 2.40. The van der Waals surface area contributed by atoms with Crippen molar-refractivity contribution < 1.29 is 14.7 Å². The zero-order chi connectivity index (χ0) is 16.7. The van der Waals surface area contributed by atoms with Gasteiger partial charge in [0, 0.05) is 11.6 Å². The highest BCUT2D eigenvalue weighted by molar-refractivity contribution is 6.28. The van der Waals surface area contributed by atoms with Gasteiger partial charge in [-0.15, -0.1) is 0 Å². The van der Waals surface area contributed by atoms with Gasteiger partial charge in [-0.2, -0.15) is 0 Å². The van der Waals surface area contributed by atoms with E-state index in [2.05, 4.69) is 20.8 Å². The average molecular weight is 301 g/mol. The van der Waals surface area contributed by atoms with Gasteiger partial charge in [0.05, 0.1) is 6.54 Å². The second kappa shape index (κ2) is 5.59. The molecular weight excluding hydrogens is 278 g/mol. The Bertz CT molecular complexity index is 633. The second-order valence-corrected chi connectivity index (χ2v) is 7.00. The number of amides is 1. The molecule has 0 bridgehead atoms. The number of Topliss-reactive ketones (excluding diaryl/α,β-unsaturated/α-hetero) is 1. The van der Waals surface area contributed by atoms with E-state index in [0.29, 0.717) is 5.56 Å². The largest absolute Gasteiger partial charge is 0.506 e. The maximum Gasteiger partial charge on any atom is 0.262 e. The molecule has 0 atom stereocenters. The molecule has 1 aromatic carbocycles. The number of benzene rings is 1. The van der Waals surface area contributed by atoms with Crippen LogP contribution in [0.2, 0.25) is 0 Å². The zero-order valence-electron chi connectivity index (χ0n) is 13.8. The van der Waals surface area contributed by atoms with Crippen LogP contribution in [-0.4, -0.2) is 34.3 Å². The summed E-state index contributed by atoms with van der Waals surface area (Å²) in [5.41, 5.74) is 1.53. The first-order chi connectivity index (χ1) is 10.1. The van der Waals surface area contributed by atoms with Crippen LogP contribution in [0.3, 0.4) is 0 Å². The number of ketones is 1. The van der Waals surface area contributed by atoms with Crippen molar-refractivity contribution >= 4 is 17.4 Å². The molecule has 1 N–H and O–H groups in total. The molecule has 1 saturated heterocycles. The van der Waals surface area contributed by atoms with Crippen LogP contribution < -0.4 is 0 Å². The van der Waals surface area contributed by atoms with Gasteiger partial charge in [-0.05, 0) is 24.8 Å². The fraction of sp³-hybridized carbons (Fsp3) is 0.444. The molecule has 0 aromatic heterocycles. The van der Waals surface area contributed by atoms with Gasteiger partial charge in [0.15, 0.2) is 5.78 Å². The fourth-order valence-electron chi connectivity index (χ4n) is 2.49. The number of likely N-dealkylation sites (tertiary alicyclic amines) is 1. The van der Waals surface area contributed by atoms with Crippen LogP contribution in [0.5, 0.6) is 0 Å². The molecule has 1 aromatic rings. The van der Waals surface area contributed by atoms with Crippen molar-refractivity contribution in [3.05, 3.63) is 41.0 Å². The molecule has 0 radical (unpaired) electrons. The van der Waals surface area contributed by atoms with E-state index in [0.717, 1.165) is 5.56 Å². The first-order valence-corrected chi connectivity index (χ1v) is 7.51. The van der Waals surface area contributed by atoms with Gasteiger partial charge in [0.25, 0.3) is 5.91 Å². The van der Waals surface area contributed by atoms with Crippen LogP contribution in [0.4, 0.5) is 0 Å². The van der Waals surface area contributed by atoms with Crippen molar-refractivity contribution in [3.8, 4) is 0 Å². The van der Waals surface area contributed by atoms with E-state index in [-0.39, 0.29) is 35.1 Å². The quantitative estimate of drug-likeness (QED) is 0.519. The zero-order valence-corrected chi connectivity index (χ0v) is 13.8. The molecule has 4 nitrogen and oxygen atoms in total. The Morgan fingerprint density at radius 2 is 1.68 bits per heavy atom. The predicted octanol–water partition coefficient (Wildman–Crippen LogP) is 3.07. The van der Waals surface area contributed by atoms with Gasteiger partial charge < -0.3 is 10.0 Å². The number of carbonyl (C=O) groups excluding carboxylic acids is 2. The number of aliphatic hydroxyl groups excluding tert-OH is 1. The summed E-state index contributed by atoms with van der Waals surface area (Å²) >= 11 is 0. The molecule has 1 heterocycles. The van der Waals surface area contributed by atoms with Crippen LogP contribution in [0.15, 0.2) is 29.8 Å². The second-order valence-electron chi connectivity index (χ2n) is 7.00. The highest BCUT2D eigenvalue weighted by Gasteiger charge is 2.38. The monoisotopic (exact) mass is 301 g/mol. The first kappa shape index (κ1) is 16.3. The average Bonchev–Trinajstić information content (AvgIpc) is 2.73. The van der Waals surface area contributed by atoms with Crippen LogP contribution in [0, 0.1) is 0 Å². The van der Waals surface area contributed by atoms with Crippen LogP contribution >= 0.6 is 0 Å². The third-order valence-corrected chi connectivity index (χ3v) is 3.95. The van der Waals surface area contributed by atoms with Crippen molar-refractivity contribution in [1.82, 2.24) is 4.90 Å². The lowest BCUT2D eigenvalue weighted by Crippen LogP contribution is -2.32. The van der Waals surface area contributed by atoms with E-state index in [1.807, 2.05) is 26.0 Å². The SMILES string of the molecule is CC(C)N1CC(=O)/C(=C(/O)c2ccc(C(C)(C)C)cc2)C1=O. The summed E-state index contributed by atoms with van der Waals surface area (Å²) in [5.74, 6) is -0.938. The van der Waals surface area contributed by atoms with Crippen LogP contribution in [0.1, 0.15) is 45.7 Å². The van der Waals surface area contributed by atoms with Crippen molar-refractivity contribution in [2.45, 2.75) is 46.1 Å². The minimum Gasteiger partial charge on any atom is -0.506 e. The van der Waals surface area contributed by atoms with E-state index in [1.54, 1.807) is 12.1 Å². The molecule has 1 fully saturated rings. The third-order valence-electron chi connectivity index (χ3n) is 3.95. The molecule has 0 spiro atoms. The maximum atomic E-state index is 12.3. The molecular formula is C18H23NO3. The fourth-order valence-corrected chi connectivity index (χ4v) is 2.49. The van der Waals surface area contributed by atoms with E-state index in [1.165, 1.54) is 4.90 Å². The molecule has 118 valence electrons. The van der Waals surface area contributed by atoms with E-state index < -0.39 is 5.91 Å². The Labute approximate surface area is 131 Å². The van der Waals surface area contributed by atoms with E-state index >= 15 is 0 Å². The summed E-state index contributed by atoms with van der Waals surface area (Å²) in [4.78, 5) is 25.8. The van der Waals surface area contributed by atoms with E-state index in [4.69, 9.17) is 0 Å². The first-order valence-electron chi connectivity index (χ1n) is 7.51. The number of carbonyl (C=O) groups is 2. The Morgan fingerprint density at radius 1 is 1.14 bits per heavy atom. The lowest BCUT2D eigenvalue weighted by Gasteiger charge is -2.19. The number of aliphatic hydroxyl groups is 1. The minimum atomic E-state index is -0.391. The summed E-state index contributed by atoms with van der Waals surface area (Å²) in [6.07, 6.45) is 0. The van der Waals surface area contributed by atoms with Gasteiger partial charge in [0.1, 0.15) is 11.3 Å². The standard InChI is InChI=1S/C18H23NO3/c1-11(2)19-10-14(20)15(17(19)22)16(21)12-6-8-13(9-7-12)18(3,4)5/h6-9,11,21H,10H2,1-5H3/b16-15-. The lowest BCUT2D eigenvalue weighted by atomic mass is 9.86. The van der Waals surface area contributed by atoms with E-state index in [9.17, 15) is 14.7 Å². The summed E-state index contributed by atoms with van der Waals surface area (Å²) in [7, 11) is 0. The number of nitrogens with zero attached hydrogens (tertiary/aromatic N) is 1. The summed E-state index contributed by atoms with van der Waals surface area (Å²) < 4.78 is 0. The van der Waals surface area contributed by atoms with Gasteiger partial charge >= 0.3 is 0 Å². The Kier molecular flexibility index (Phi) is 4.14. The summed E-state index contributed by atoms with van der Waals surface area (Å²) in [5, 5.41) is 10.4. The topological polar surface area (TPSA) is 57.6 Å². The number of hydrogen-bond donors (Lipinski definition) is 1. The van der Waals surface area contributed by atoms with Crippen molar-refractivity contribution in [2.24, 2.45) is 0 Å². The number of rotatable bonds is 2. The Hall–Kier alpha value is -2.10. The minimum absolute atomic E-state index is 0.00866. The highest BCUT2D eigenvalue weighted by atomic mass is 16.3. The lowest BCUT2D eigenvalue weighted by molar-refractivity contribution is -0.126. The smallest absolute Gasteiger partial charge is 0.262 e. The molecule has 1 amide bonds. The molecule has 0 aliphatic carbocycles. The molecule has 4 heteroatoms. The van der Waals surface area contributed by atoms with Gasteiger partial charge in [-0.1, -0.05) is 45.0 Å². The Morgan fingerprint density at radius 3 is 2.09 bits per heavy atom. The molecule has 0 unspecified atom stereocenters. The van der Waals surface area contributed by atoms with Crippen LogP contribution in [-0.2, 0) is 15.0 Å². The molecule has 1 aliphatic heterocycles. The van der Waals surface area contributed by atoms with Gasteiger partial charge in [-0.25, -0.2) is 0 Å². The summed E-state index contributed by atoms with van der Waals surface area (Å²) in [6, 6.07) is 7.26. The normalized spacial score (nSPS) is 18.4. The molecule has 2 rings (SSSR count).